The number of thiophene rings is 1. The minimum atomic E-state index is 0.769. The molecular weight excluding hydrogens is 322 g/mol. The Morgan fingerprint density at radius 2 is 1.80 bits per heavy atom. The van der Waals surface area contributed by atoms with E-state index >= 15 is 0 Å². The first-order chi connectivity index (χ1) is 12.2. The van der Waals surface area contributed by atoms with Crippen LogP contribution in [0.15, 0.2) is 24.3 Å². The second-order valence-corrected chi connectivity index (χ2v) is 9.10. The molecule has 0 radical (unpaired) electrons. The van der Waals surface area contributed by atoms with Gasteiger partial charge in [-0.2, -0.15) is 0 Å². The van der Waals surface area contributed by atoms with E-state index in [2.05, 4.69) is 38.1 Å². The lowest BCUT2D eigenvalue weighted by molar-refractivity contribution is 0.496. The van der Waals surface area contributed by atoms with Crippen molar-refractivity contribution in [2.45, 2.75) is 58.8 Å². The molecule has 0 amide bonds. The Kier molecular flexibility index (Phi) is 3.71. The molecule has 0 unspecified atom stereocenters. The zero-order chi connectivity index (χ0) is 17.0. The molecule has 0 saturated heterocycles. The quantitative estimate of drug-likeness (QED) is 0.505. The second kappa shape index (κ2) is 5.95. The van der Waals surface area contributed by atoms with Gasteiger partial charge in [0.1, 0.15) is 4.83 Å². The molecule has 25 heavy (non-hydrogen) atoms. The van der Waals surface area contributed by atoms with Gasteiger partial charge < -0.3 is 0 Å². The molecule has 2 heterocycles. The summed E-state index contributed by atoms with van der Waals surface area (Å²) in [5, 5.41) is 1.50. The van der Waals surface area contributed by atoms with E-state index in [1.54, 1.807) is 16.0 Å². The predicted octanol–water partition coefficient (Wildman–Crippen LogP) is 6.28. The van der Waals surface area contributed by atoms with Gasteiger partial charge in [-0.05, 0) is 80.0 Å². The largest absolute Gasteiger partial charge is 0.242 e. The summed E-state index contributed by atoms with van der Waals surface area (Å²) in [7, 11) is 0. The van der Waals surface area contributed by atoms with Crippen molar-refractivity contribution >= 4 is 21.6 Å². The Morgan fingerprint density at radius 3 is 2.64 bits per heavy atom. The fourth-order valence-electron chi connectivity index (χ4n) is 4.67. The molecule has 2 heteroatoms. The van der Waals surface area contributed by atoms with Crippen LogP contribution >= 0.6 is 11.3 Å². The maximum Gasteiger partial charge on any atom is 0.124 e. The highest BCUT2D eigenvalue weighted by Gasteiger charge is 2.27. The van der Waals surface area contributed by atoms with Crippen LogP contribution in [0.3, 0.4) is 0 Å². The molecule has 0 N–H and O–H groups in total. The number of rotatable bonds is 1. The zero-order valence-corrected chi connectivity index (χ0v) is 16.0. The van der Waals surface area contributed by atoms with Crippen LogP contribution in [0.1, 0.15) is 53.4 Å². The van der Waals surface area contributed by atoms with Gasteiger partial charge in [0.25, 0.3) is 0 Å². The highest BCUT2D eigenvalue weighted by atomic mass is 32.1. The molecule has 0 aliphatic heterocycles. The van der Waals surface area contributed by atoms with Gasteiger partial charge >= 0.3 is 0 Å². The fraction of sp³-hybridized carbons (Fsp3) is 0.435. The van der Waals surface area contributed by atoms with Crippen molar-refractivity contribution in [3.05, 3.63) is 51.5 Å². The summed E-state index contributed by atoms with van der Waals surface area (Å²) in [6.45, 7) is 4.57. The normalized spacial score (nSPS) is 19.7. The number of hydrogen-bond donors (Lipinski definition) is 0. The first-order valence-electron chi connectivity index (χ1n) is 9.73. The van der Waals surface area contributed by atoms with Gasteiger partial charge in [0, 0.05) is 16.0 Å². The van der Waals surface area contributed by atoms with E-state index in [9.17, 15) is 0 Å². The Labute approximate surface area is 154 Å². The van der Waals surface area contributed by atoms with Crippen molar-refractivity contribution in [1.29, 1.82) is 0 Å². The lowest BCUT2D eigenvalue weighted by atomic mass is 9.81. The second-order valence-electron chi connectivity index (χ2n) is 8.02. The minimum Gasteiger partial charge on any atom is -0.242 e. The standard InChI is InChI=1S/C23H25NS/c1-14-7-10-16(11-8-14)21-18-13-15(2)9-12-19(18)24-23-22(21)17-5-3-4-6-20(17)25-23/h7-8,10-11,15H,3-6,9,12-13H2,1-2H3/t15-/m1/s1. The Hall–Kier alpha value is -1.67. The van der Waals surface area contributed by atoms with Crippen molar-refractivity contribution in [3.63, 3.8) is 0 Å². The third-order valence-corrected chi connectivity index (χ3v) is 7.24. The third-order valence-electron chi connectivity index (χ3n) is 6.06. The number of fused-ring (bicyclic) bond motifs is 4. The molecule has 2 aromatic heterocycles. The number of aromatic nitrogens is 1. The van der Waals surface area contributed by atoms with E-state index in [1.807, 2.05) is 11.3 Å². The molecule has 0 bridgehead atoms. The molecule has 3 aromatic rings. The summed E-state index contributed by atoms with van der Waals surface area (Å²) in [5.74, 6) is 0.769. The van der Waals surface area contributed by atoms with Crippen LogP contribution in [-0.2, 0) is 25.7 Å². The van der Waals surface area contributed by atoms with Crippen molar-refractivity contribution in [1.82, 2.24) is 4.98 Å². The summed E-state index contributed by atoms with van der Waals surface area (Å²) in [6, 6.07) is 9.19. The van der Waals surface area contributed by atoms with Gasteiger partial charge in [-0.1, -0.05) is 36.8 Å². The van der Waals surface area contributed by atoms with Crippen LogP contribution < -0.4 is 0 Å². The molecular formula is C23H25NS. The molecule has 2 aliphatic rings. The van der Waals surface area contributed by atoms with Crippen molar-refractivity contribution in [2.24, 2.45) is 5.92 Å². The van der Waals surface area contributed by atoms with E-state index in [4.69, 9.17) is 4.98 Å². The molecule has 0 saturated carbocycles. The first kappa shape index (κ1) is 15.6. The van der Waals surface area contributed by atoms with Gasteiger partial charge in [0.2, 0.25) is 0 Å². The average molecular weight is 348 g/mol. The van der Waals surface area contributed by atoms with Gasteiger partial charge in [-0.15, -0.1) is 11.3 Å². The summed E-state index contributed by atoms with van der Waals surface area (Å²) in [6.07, 6.45) is 8.79. The minimum absolute atomic E-state index is 0.769. The van der Waals surface area contributed by atoms with Gasteiger partial charge in [0.15, 0.2) is 0 Å². The highest BCUT2D eigenvalue weighted by molar-refractivity contribution is 7.19. The lowest BCUT2D eigenvalue weighted by Gasteiger charge is -2.25. The van der Waals surface area contributed by atoms with Crippen LogP contribution in [0.25, 0.3) is 21.3 Å². The summed E-state index contributed by atoms with van der Waals surface area (Å²) in [5.41, 5.74) is 8.79. The Balaban J connectivity index is 1.86. The van der Waals surface area contributed by atoms with Crippen LogP contribution in [0.2, 0.25) is 0 Å². The van der Waals surface area contributed by atoms with Gasteiger partial charge in [-0.25, -0.2) is 4.98 Å². The molecule has 2 aliphatic carbocycles. The Morgan fingerprint density at radius 1 is 1.00 bits per heavy atom. The summed E-state index contributed by atoms with van der Waals surface area (Å²) < 4.78 is 0. The molecule has 1 atom stereocenters. The Bertz CT molecular complexity index is 949. The SMILES string of the molecule is Cc1ccc(-c2c3c(nc4sc5c(c24)CCCC5)CC[C@@H](C)C3)cc1. The van der Waals surface area contributed by atoms with E-state index in [0.717, 1.165) is 12.3 Å². The van der Waals surface area contributed by atoms with Gasteiger partial charge in [0.05, 0.1) is 0 Å². The molecule has 1 nitrogen and oxygen atoms in total. The maximum atomic E-state index is 5.18. The third kappa shape index (κ3) is 2.54. The van der Waals surface area contributed by atoms with E-state index in [-0.39, 0.29) is 0 Å². The zero-order valence-electron chi connectivity index (χ0n) is 15.2. The smallest absolute Gasteiger partial charge is 0.124 e. The van der Waals surface area contributed by atoms with Crippen molar-refractivity contribution in [3.8, 4) is 11.1 Å². The molecule has 0 spiro atoms. The number of nitrogens with zero attached hydrogens (tertiary/aromatic N) is 1. The topological polar surface area (TPSA) is 12.9 Å². The lowest BCUT2D eigenvalue weighted by Crippen LogP contribution is -2.14. The fourth-order valence-corrected chi connectivity index (χ4v) is 5.96. The van der Waals surface area contributed by atoms with Crippen LogP contribution in [-0.4, -0.2) is 4.98 Å². The molecule has 1 aromatic carbocycles. The average Bonchev–Trinajstić information content (AvgIpc) is 2.99. The maximum absolute atomic E-state index is 5.18. The molecule has 5 rings (SSSR count). The highest BCUT2D eigenvalue weighted by Crippen LogP contribution is 2.45. The van der Waals surface area contributed by atoms with E-state index in [1.165, 1.54) is 71.1 Å². The predicted molar refractivity (Wildman–Crippen MR) is 108 cm³/mol. The molecule has 128 valence electrons. The van der Waals surface area contributed by atoms with E-state index < -0.39 is 0 Å². The van der Waals surface area contributed by atoms with Crippen molar-refractivity contribution in [2.75, 3.05) is 0 Å². The number of benzene rings is 1. The number of aryl methyl sites for hydroxylation is 4. The van der Waals surface area contributed by atoms with Crippen LogP contribution in [0, 0.1) is 12.8 Å². The summed E-state index contributed by atoms with van der Waals surface area (Å²) >= 11 is 1.97. The van der Waals surface area contributed by atoms with Gasteiger partial charge in [-0.3, -0.25) is 0 Å². The van der Waals surface area contributed by atoms with Crippen molar-refractivity contribution < 1.29 is 0 Å². The number of pyridine rings is 1. The summed E-state index contributed by atoms with van der Waals surface area (Å²) in [4.78, 5) is 8.09. The first-order valence-corrected chi connectivity index (χ1v) is 10.6. The van der Waals surface area contributed by atoms with Crippen LogP contribution in [0.5, 0.6) is 0 Å². The number of hydrogen-bond acceptors (Lipinski definition) is 2. The molecule has 0 fully saturated rings. The van der Waals surface area contributed by atoms with Crippen LogP contribution in [0.4, 0.5) is 0 Å². The monoisotopic (exact) mass is 347 g/mol. The van der Waals surface area contributed by atoms with E-state index in [0.29, 0.717) is 0 Å².